The van der Waals surface area contributed by atoms with Crippen LogP contribution < -0.4 is 10.1 Å². The van der Waals surface area contributed by atoms with Gasteiger partial charge in [-0.25, -0.2) is 4.98 Å². The number of methoxy groups -OCH3 is 1. The van der Waals surface area contributed by atoms with Crippen molar-refractivity contribution < 1.29 is 19.1 Å². The molecule has 2 aromatic rings. The second kappa shape index (κ2) is 10.2. The quantitative estimate of drug-likeness (QED) is 0.341. The normalized spacial score (nSPS) is 15.7. The first-order chi connectivity index (χ1) is 14.4. The van der Waals surface area contributed by atoms with E-state index in [0.29, 0.717) is 29.7 Å². The van der Waals surface area contributed by atoms with Gasteiger partial charge in [0.15, 0.2) is 0 Å². The van der Waals surface area contributed by atoms with E-state index in [1.165, 1.54) is 13.3 Å². The molecule has 0 amide bonds. The Kier molecular flexibility index (Phi) is 7.64. The summed E-state index contributed by atoms with van der Waals surface area (Å²) < 4.78 is 18.1. The Morgan fingerprint density at radius 2 is 2.17 bits per heavy atom. The molecule has 1 aliphatic rings. The highest BCUT2D eigenvalue weighted by Gasteiger charge is 2.31. The lowest BCUT2D eigenvalue weighted by molar-refractivity contribution is -0.386. The SMILES string of the molecule is COC(CNc1nc(Cl)ncc1Cl)COc1nn(C2CCOCC2)c(C)c1[N+](=O)[O-]. The first-order valence-corrected chi connectivity index (χ1v) is 10.0. The molecule has 1 atom stereocenters. The van der Waals surface area contributed by atoms with Gasteiger partial charge < -0.3 is 19.5 Å². The number of aromatic nitrogens is 4. The first kappa shape index (κ1) is 22.5. The van der Waals surface area contributed by atoms with Crippen molar-refractivity contribution >= 4 is 34.7 Å². The van der Waals surface area contributed by atoms with Gasteiger partial charge in [-0.1, -0.05) is 11.6 Å². The largest absolute Gasteiger partial charge is 0.469 e. The van der Waals surface area contributed by atoms with Crippen LogP contribution in [0.15, 0.2) is 6.20 Å². The molecule has 0 radical (unpaired) electrons. The van der Waals surface area contributed by atoms with Crippen LogP contribution in [-0.4, -0.2) is 64.3 Å². The van der Waals surface area contributed by atoms with E-state index < -0.39 is 11.0 Å². The van der Waals surface area contributed by atoms with Gasteiger partial charge in [-0.3, -0.25) is 14.8 Å². The molecule has 3 heterocycles. The van der Waals surface area contributed by atoms with Crippen LogP contribution >= 0.6 is 23.2 Å². The summed E-state index contributed by atoms with van der Waals surface area (Å²) in [6.45, 7) is 3.17. The zero-order chi connectivity index (χ0) is 21.7. The Hall–Kier alpha value is -2.21. The number of anilines is 1. The summed E-state index contributed by atoms with van der Waals surface area (Å²) in [6.07, 6.45) is 2.41. The molecule has 1 saturated heterocycles. The fraction of sp³-hybridized carbons (Fsp3) is 0.588. The van der Waals surface area contributed by atoms with Gasteiger partial charge >= 0.3 is 11.6 Å². The number of hydrogen-bond donors (Lipinski definition) is 1. The number of halogens is 2. The molecule has 2 aromatic heterocycles. The smallest absolute Gasteiger partial charge is 0.352 e. The van der Waals surface area contributed by atoms with Gasteiger partial charge in [-0.2, -0.15) is 4.98 Å². The lowest BCUT2D eigenvalue weighted by Crippen LogP contribution is -2.29. The number of hydrogen-bond acceptors (Lipinski definition) is 9. The molecule has 1 aliphatic heterocycles. The lowest BCUT2D eigenvalue weighted by Gasteiger charge is -2.23. The van der Waals surface area contributed by atoms with Gasteiger partial charge in [0.25, 0.3) is 0 Å². The minimum atomic E-state index is -0.476. The van der Waals surface area contributed by atoms with Crippen LogP contribution in [0.1, 0.15) is 24.6 Å². The maximum Gasteiger partial charge on any atom is 0.352 e. The highest BCUT2D eigenvalue weighted by molar-refractivity contribution is 6.33. The number of rotatable bonds is 9. The van der Waals surface area contributed by atoms with Crippen LogP contribution in [0.3, 0.4) is 0 Å². The Balaban J connectivity index is 1.68. The van der Waals surface area contributed by atoms with Gasteiger partial charge in [-0.15, -0.1) is 5.10 Å². The minimum absolute atomic E-state index is 0.0327. The third-order valence-electron chi connectivity index (χ3n) is 4.76. The Morgan fingerprint density at radius 1 is 1.43 bits per heavy atom. The molecule has 1 N–H and O–H groups in total. The Bertz CT molecular complexity index is 890. The minimum Gasteiger partial charge on any atom is -0.469 e. The molecule has 0 spiro atoms. The van der Waals surface area contributed by atoms with Crippen molar-refractivity contribution in [3.63, 3.8) is 0 Å². The molecule has 0 aromatic carbocycles. The standard InChI is InChI=1S/C17H22Cl2N6O5/c1-10-14(25(26)27)16(23-24(10)11-3-5-29-6-4-11)30-9-12(28-2)7-20-15-13(18)8-21-17(19)22-15/h8,11-12H,3-7,9H2,1-2H3,(H,20,21,22). The summed E-state index contributed by atoms with van der Waals surface area (Å²) in [6, 6.07) is 0.0411. The summed E-state index contributed by atoms with van der Waals surface area (Å²) in [4.78, 5) is 18.9. The average molecular weight is 461 g/mol. The number of nitro groups is 1. The van der Waals surface area contributed by atoms with Crippen LogP contribution in [0.5, 0.6) is 5.88 Å². The van der Waals surface area contributed by atoms with Gasteiger partial charge in [0.1, 0.15) is 29.2 Å². The highest BCUT2D eigenvalue weighted by Crippen LogP contribution is 2.34. The van der Waals surface area contributed by atoms with Crippen LogP contribution in [0.4, 0.5) is 11.5 Å². The van der Waals surface area contributed by atoms with Crippen molar-refractivity contribution in [1.82, 2.24) is 19.7 Å². The molecule has 30 heavy (non-hydrogen) atoms. The fourth-order valence-corrected chi connectivity index (χ4v) is 3.43. The van der Waals surface area contributed by atoms with Gasteiger partial charge in [0, 0.05) is 26.9 Å². The summed E-state index contributed by atoms with van der Waals surface area (Å²) in [5.74, 6) is 0.318. The number of nitrogens with one attached hydrogen (secondary N) is 1. The Labute approximate surface area is 182 Å². The summed E-state index contributed by atoms with van der Waals surface area (Å²) in [5.41, 5.74) is 0.311. The maximum atomic E-state index is 11.6. The second-order valence-electron chi connectivity index (χ2n) is 6.67. The van der Waals surface area contributed by atoms with Crippen molar-refractivity contribution in [2.45, 2.75) is 31.9 Å². The molecule has 164 valence electrons. The van der Waals surface area contributed by atoms with E-state index in [9.17, 15) is 10.1 Å². The third-order valence-corrected chi connectivity index (χ3v) is 5.22. The third kappa shape index (κ3) is 5.28. The van der Waals surface area contributed by atoms with Crippen LogP contribution in [-0.2, 0) is 9.47 Å². The molecule has 3 rings (SSSR count). The van der Waals surface area contributed by atoms with E-state index in [1.807, 2.05) is 0 Å². The molecule has 0 bridgehead atoms. The van der Waals surface area contributed by atoms with Gasteiger partial charge in [0.05, 0.1) is 17.2 Å². The van der Waals surface area contributed by atoms with Crippen molar-refractivity contribution in [3.05, 3.63) is 32.3 Å². The van der Waals surface area contributed by atoms with E-state index in [2.05, 4.69) is 20.4 Å². The fourth-order valence-electron chi connectivity index (χ4n) is 3.14. The maximum absolute atomic E-state index is 11.6. The van der Waals surface area contributed by atoms with Crippen LogP contribution in [0.2, 0.25) is 10.3 Å². The first-order valence-electron chi connectivity index (χ1n) is 9.29. The van der Waals surface area contributed by atoms with E-state index in [-0.39, 0.29) is 36.0 Å². The van der Waals surface area contributed by atoms with Crippen molar-refractivity contribution in [3.8, 4) is 5.88 Å². The number of ether oxygens (including phenoxy) is 3. The molecule has 1 unspecified atom stereocenters. The molecule has 11 nitrogen and oxygen atoms in total. The zero-order valence-electron chi connectivity index (χ0n) is 16.5. The van der Waals surface area contributed by atoms with Gasteiger partial charge in [0.2, 0.25) is 5.28 Å². The van der Waals surface area contributed by atoms with Crippen LogP contribution in [0.25, 0.3) is 0 Å². The monoisotopic (exact) mass is 460 g/mol. The lowest BCUT2D eigenvalue weighted by atomic mass is 10.1. The van der Waals surface area contributed by atoms with E-state index in [1.54, 1.807) is 11.6 Å². The Morgan fingerprint density at radius 3 is 2.83 bits per heavy atom. The average Bonchev–Trinajstić information content (AvgIpc) is 3.07. The molecular weight excluding hydrogens is 439 g/mol. The van der Waals surface area contributed by atoms with E-state index in [4.69, 9.17) is 37.4 Å². The van der Waals surface area contributed by atoms with Crippen molar-refractivity contribution in [1.29, 1.82) is 0 Å². The van der Waals surface area contributed by atoms with Crippen molar-refractivity contribution in [2.75, 3.05) is 38.8 Å². The molecule has 0 aliphatic carbocycles. The van der Waals surface area contributed by atoms with Crippen LogP contribution in [0, 0.1) is 17.0 Å². The summed E-state index contributed by atoms with van der Waals surface area (Å²) in [7, 11) is 1.50. The molecular formula is C17H22Cl2N6O5. The molecule has 1 fully saturated rings. The summed E-state index contributed by atoms with van der Waals surface area (Å²) >= 11 is 11.8. The predicted molar refractivity (Wildman–Crippen MR) is 110 cm³/mol. The molecule has 13 heteroatoms. The summed E-state index contributed by atoms with van der Waals surface area (Å²) in [5, 5.41) is 19.3. The van der Waals surface area contributed by atoms with Gasteiger partial charge in [-0.05, 0) is 31.4 Å². The zero-order valence-corrected chi connectivity index (χ0v) is 18.0. The number of nitrogens with zero attached hydrogens (tertiary/aromatic N) is 5. The van der Waals surface area contributed by atoms with Crippen molar-refractivity contribution in [2.24, 2.45) is 0 Å². The second-order valence-corrected chi connectivity index (χ2v) is 7.41. The van der Waals surface area contributed by atoms with E-state index >= 15 is 0 Å². The predicted octanol–water partition coefficient (Wildman–Crippen LogP) is 3.05. The molecule has 0 saturated carbocycles. The van der Waals surface area contributed by atoms with E-state index in [0.717, 1.165) is 12.8 Å². The highest BCUT2D eigenvalue weighted by atomic mass is 35.5. The topological polar surface area (TPSA) is 126 Å².